The van der Waals surface area contributed by atoms with Crippen molar-refractivity contribution in [2.45, 2.75) is 52.6 Å². The molecule has 0 aliphatic rings. The molecule has 112 valence electrons. The molecule has 4 nitrogen and oxygen atoms in total. The van der Waals surface area contributed by atoms with Crippen LogP contribution in [-0.2, 0) is 4.79 Å². The van der Waals surface area contributed by atoms with Gasteiger partial charge < -0.3 is 16.0 Å². The second kappa shape index (κ2) is 6.64. The van der Waals surface area contributed by atoms with E-state index in [2.05, 4.69) is 17.1 Å². The van der Waals surface area contributed by atoms with Crippen LogP contribution < -0.4 is 16.0 Å². The number of nitrogens with two attached hydrogens (primary N) is 1. The lowest BCUT2D eigenvalue weighted by molar-refractivity contribution is -0.123. The quantitative estimate of drug-likeness (QED) is 0.814. The Labute approximate surface area is 122 Å². The Morgan fingerprint density at radius 2 is 2.05 bits per heavy atom. The fourth-order valence-electron chi connectivity index (χ4n) is 2.11. The zero-order valence-corrected chi connectivity index (χ0v) is 13.2. The van der Waals surface area contributed by atoms with Gasteiger partial charge in [0.25, 0.3) is 0 Å². The van der Waals surface area contributed by atoms with Crippen molar-refractivity contribution in [2.24, 2.45) is 0 Å². The van der Waals surface area contributed by atoms with Gasteiger partial charge in [-0.3, -0.25) is 4.79 Å². The third-order valence-corrected chi connectivity index (χ3v) is 3.01. The monoisotopic (exact) mass is 277 g/mol. The second-order valence-electron chi connectivity index (χ2n) is 6.20. The summed E-state index contributed by atoms with van der Waals surface area (Å²) in [5, 5.41) is 3.03. The van der Waals surface area contributed by atoms with Crippen LogP contribution in [0.3, 0.4) is 0 Å². The molecule has 1 aromatic rings. The van der Waals surface area contributed by atoms with Crippen molar-refractivity contribution in [1.29, 1.82) is 0 Å². The predicted octanol–water partition coefficient (Wildman–Crippen LogP) is 2.79. The average molecular weight is 277 g/mol. The number of nitrogens with zero attached hydrogens (tertiary/aromatic N) is 1. The van der Waals surface area contributed by atoms with Crippen LogP contribution in [-0.4, -0.2) is 24.0 Å². The molecule has 0 fully saturated rings. The van der Waals surface area contributed by atoms with Crippen molar-refractivity contribution in [3.8, 4) is 0 Å². The Hall–Kier alpha value is -1.71. The molecule has 0 heterocycles. The van der Waals surface area contributed by atoms with E-state index >= 15 is 0 Å². The smallest absolute Gasteiger partial charge is 0.242 e. The SMILES string of the molecule is CCCN(c1cccc(N)c1)C(C)C(=O)NC(C)(C)C. The van der Waals surface area contributed by atoms with E-state index in [-0.39, 0.29) is 17.5 Å². The summed E-state index contributed by atoms with van der Waals surface area (Å²) in [4.78, 5) is 14.4. The summed E-state index contributed by atoms with van der Waals surface area (Å²) >= 11 is 0. The lowest BCUT2D eigenvalue weighted by Crippen LogP contribution is -2.51. The molecule has 0 bridgehead atoms. The van der Waals surface area contributed by atoms with Crippen molar-refractivity contribution < 1.29 is 4.79 Å². The lowest BCUT2D eigenvalue weighted by atomic mass is 10.1. The number of hydrogen-bond donors (Lipinski definition) is 2. The van der Waals surface area contributed by atoms with E-state index in [1.54, 1.807) is 0 Å². The highest BCUT2D eigenvalue weighted by Gasteiger charge is 2.24. The summed E-state index contributed by atoms with van der Waals surface area (Å²) in [6, 6.07) is 7.45. The zero-order chi connectivity index (χ0) is 15.3. The number of nitrogens with one attached hydrogen (secondary N) is 1. The van der Waals surface area contributed by atoms with E-state index in [0.717, 1.165) is 18.7 Å². The Morgan fingerprint density at radius 1 is 1.40 bits per heavy atom. The molecule has 0 saturated heterocycles. The van der Waals surface area contributed by atoms with E-state index in [1.807, 2.05) is 52.0 Å². The molecule has 1 rings (SSSR count). The number of nitrogen functional groups attached to an aromatic ring is 1. The second-order valence-corrected chi connectivity index (χ2v) is 6.20. The normalized spacial score (nSPS) is 12.8. The fraction of sp³-hybridized carbons (Fsp3) is 0.562. The number of hydrogen-bond acceptors (Lipinski definition) is 3. The number of carbonyl (C=O) groups excluding carboxylic acids is 1. The van der Waals surface area contributed by atoms with Crippen LogP contribution in [0.4, 0.5) is 11.4 Å². The number of benzene rings is 1. The van der Waals surface area contributed by atoms with Gasteiger partial charge in [-0.1, -0.05) is 13.0 Å². The van der Waals surface area contributed by atoms with Crippen molar-refractivity contribution >= 4 is 17.3 Å². The van der Waals surface area contributed by atoms with Gasteiger partial charge in [0.2, 0.25) is 5.91 Å². The highest BCUT2D eigenvalue weighted by molar-refractivity contribution is 5.85. The van der Waals surface area contributed by atoms with Crippen LogP contribution >= 0.6 is 0 Å². The number of carbonyl (C=O) groups is 1. The van der Waals surface area contributed by atoms with Gasteiger partial charge in [0.1, 0.15) is 6.04 Å². The van der Waals surface area contributed by atoms with Crippen LogP contribution in [0.1, 0.15) is 41.0 Å². The molecule has 3 N–H and O–H groups in total. The van der Waals surface area contributed by atoms with Crippen LogP contribution in [0.2, 0.25) is 0 Å². The summed E-state index contributed by atoms with van der Waals surface area (Å²) in [6.07, 6.45) is 0.974. The summed E-state index contributed by atoms with van der Waals surface area (Å²) in [6.45, 7) is 10.8. The minimum atomic E-state index is -0.226. The molecule has 1 amide bonds. The Bertz CT molecular complexity index is 451. The highest BCUT2D eigenvalue weighted by atomic mass is 16.2. The number of anilines is 2. The minimum absolute atomic E-state index is 0.0355. The van der Waals surface area contributed by atoms with Gasteiger partial charge in [-0.2, -0.15) is 0 Å². The van der Waals surface area contributed by atoms with Gasteiger partial charge in [0.05, 0.1) is 0 Å². The summed E-state index contributed by atoms with van der Waals surface area (Å²) in [7, 11) is 0. The van der Waals surface area contributed by atoms with Crippen molar-refractivity contribution in [3.63, 3.8) is 0 Å². The Balaban J connectivity index is 2.93. The minimum Gasteiger partial charge on any atom is -0.399 e. The van der Waals surface area contributed by atoms with E-state index in [1.165, 1.54) is 0 Å². The Kier molecular flexibility index (Phi) is 5.43. The van der Waals surface area contributed by atoms with Gasteiger partial charge in [0, 0.05) is 23.5 Å². The molecule has 0 aliphatic heterocycles. The molecule has 4 heteroatoms. The highest BCUT2D eigenvalue weighted by Crippen LogP contribution is 2.20. The third kappa shape index (κ3) is 4.76. The van der Waals surface area contributed by atoms with E-state index in [9.17, 15) is 4.79 Å². The first-order valence-corrected chi connectivity index (χ1v) is 7.19. The van der Waals surface area contributed by atoms with E-state index in [4.69, 9.17) is 5.73 Å². The summed E-state index contributed by atoms with van der Waals surface area (Å²) in [5.74, 6) is 0.0355. The Morgan fingerprint density at radius 3 is 2.55 bits per heavy atom. The molecule has 20 heavy (non-hydrogen) atoms. The topological polar surface area (TPSA) is 58.4 Å². The first kappa shape index (κ1) is 16.3. The molecule has 1 aromatic carbocycles. The molecular formula is C16H27N3O. The van der Waals surface area contributed by atoms with Crippen LogP contribution in [0.25, 0.3) is 0 Å². The van der Waals surface area contributed by atoms with Crippen molar-refractivity contribution in [3.05, 3.63) is 24.3 Å². The first-order valence-electron chi connectivity index (χ1n) is 7.19. The number of amides is 1. The molecule has 1 atom stereocenters. The van der Waals surface area contributed by atoms with Gasteiger partial charge in [-0.05, 0) is 52.3 Å². The molecule has 0 aromatic heterocycles. The van der Waals surface area contributed by atoms with Gasteiger partial charge >= 0.3 is 0 Å². The van der Waals surface area contributed by atoms with Crippen LogP contribution in [0.15, 0.2) is 24.3 Å². The summed E-state index contributed by atoms with van der Waals surface area (Å²) < 4.78 is 0. The fourth-order valence-corrected chi connectivity index (χ4v) is 2.11. The maximum absolute atomic E-state index is 12.3. The maximum atomic E-state index is 12.3. The molecule has 0 radical (unpaired) electrons. The molecule has 0 aliphatic carbocycles. The number of rotatable bonds is 5. The third-order valence-electron chi connectivity index (χ3n) is 3.01. The molecule has 0 saturated carbocycles. The molecule has 0 spiro atoms. The van der Waals surface area contributed by atoms with E-state index < -0.39 is 0 Å². The van der Waals surface area contributed by atoms with Crippen LogP contribution in [0.5, 0.6) is 0 Å². The van der Waals surface area contributed by atoms with Gasteiger partial charge in [0.15, 0.2) is 0 Å². The van der Waals surface area contributed by atoms with Gasteiger partial charge in [-0.25, -0.2) is 0 Å². The predicted molar refractivity (Wildman–Crippen MR) is 85.8 cm³/mol. The van der Waals surface area contributed by atoms with Crippen LogP contribution in [0, 0.1) is 0 Å². The molecule has 1 unspecified atom stereocenters. The zero-order valence-electron chi connectivity index (χ0n) is 13.2. The van der Waals surface area contributed by atoms with Gasteiger partial charge in [-0.15, -0.1) is 0 Å². The average Bonchev–Trinajstić information content (AvgIpc) is 2.33. The largest absolute Gasteiger partial charge is 0.399 e. The van der Waals surface area contributed by atoms with Crippen molar-refractivity contribution in [1.82, 2.24) is 5.32 Å². The standard InChI is InChI=1S/C16H27N3O/c1-6-10-19(14-9-7-8-13(17)11-14)12(2)15(20)18-16(3,4)5/h7-9,11-12H,6,10,17H2,1-5H3,(H,18,20). The lowest BCUT2D eigenvalue weighted by Gasteiger charge is -2.32. The maximum Gasteiger partial charge on any atom is 0.242 e. The summed E-state index contributed by atoms with van der Waals surface area (Å²) in [5.41, 5.74) is 7.32. The van der Waals surface area contributed by atoms with Crippen molar-refractivity contribution in [2.75, 3.05) is 17.2 Å². The first-order chi connectivity index (χ1) is 9.24. The van der Waals surface area contributed by atoms with E-state index in [0.29, 0.717) is 5.69 Å². The molecular weight excluding hydrogens is 250 g/mol.